The van der Waals surface area contributed by atoms with E-state index in [9.17, 15) is 13.2 Å². The summed E-state index contributed by atoms with van der Waals surface area (Å²) in [6, 6.07) is 5.85. The van der Waals surface area contributed by atoms with Gasteiger partial charge in [0.1, 0.15) is 5.75 Å². The van der Waals surface area contributed by atoms with Gasteiger partial charge in [0.25, 0.3) is 0 Å². The predicted molar refractivity (Wildman–Crippen MR) is 48.2 cm³/mol. The summed E-state index contributed by atoms with van der Waals surface area (Å²) in [5.74, 6) is -0.211. The number of alkyl halides is 3. The van der Waals surface area contributed by atoms with E-state index in [1.165, 1.54) is 18.2 Å². The van der Waals surface area contributed by atoms with Crippen LogP contribution in [-0.4, -0.2) is 6.36 Å². The fourth-order valence-electron chi connectivity index (χ4n) is 1.43. The smallest absolute Gasteiger partial charge is 0.406 e. The number of hydrogen-bond donors (Lipinski definition) is 1. The zero-order valence-electron chi connectivity index (χ0n) is 7.84. The summed E-state index contributed by atoms with van der Waals surface area (Å²) < 4.78 is 39.6. The van der Waals surface area contributed by atoms with E-state index in [0.717, 1.165) is 12.8 Å². The van der Waals surface area contributed by atoms with Crippen molar-refractivity contribution in [1.29, 1.82) is 0 Å². The van der Waals surface area contributed by atoms with Gasteiger partial charge >= 0.3 is 6.36 Å². The van der Waals surface area contributed by atoms with Crippen LogP contribution in [-0.2, 0) is 5.54 Å². The fourth-order valence-corrected chi connectivity index (χ4v) is 1.43. The van der Waals surface area contributed by atoms with Gasteiger partial charge in [0.15, 0.2) is 0 Å². The summed E-state index contributed by atoms with van der Waals surface area (Å²) in [6.07, 6.45) is -3.03. The van der Waals surface area contributed by atoms with Crippen LogP contribution in [0.3, 0.4) is 0 Å². The molecular weight excluding hydrogens is 207 g/mol. The number of ether oxygens (including phenoxy) is 1. The van der Waals surface area contributed by atoms with E-state index in [0.29, 0.717) is 5.56 Å². The van der Waals surface area contributed by atoms with E-state index >= 15 is 0 Å². The molecule has 2 N–H and O–H groups in total. The molecule has 0 unspecified atom stereocenters. The summed E-state index contributed by atoms with van der Waals surface area (Å²) in [5.41, 5.74) is 6.12. The SMILES string of the molecule is NC1(c2cccc(OC(F)(F)F)c2)CC1. The van der Waals surface area contributed by atoms with Crippen LogP contribution in [0, 0.1) is 0 Å². The number of halogens is 3. The second-order valence-electron chi connectivity index (χ2n) is 3.73. The number of nitrogens with two attached hydrogens (primary N) is 1. The van der Waals surface area contributed by atoms with E-state index in [1.54, 1.807) is 6.07 Å². The lowest BCUT2D eigenvalue weighted by Crippen LogP contribution is -2.20. The summed E-state index contributed by atoms with van der Waals surface area (Å²) >= 11 is 0. The molecule has 0 heterocycles. The first-order chi connectivity index (χ1) is 6.89. The first-order valence-electron chi connectivity index (χ1n) is 4.54. The normalized spacial score (nSPS) is 18.7. The minimum Gasteiger partial charge on any atom is -0.406 e. The van der Waals surface area contributed by atoms with E-state index in [2.05, 4.69) is 4.74 Å². The Bertz CT molecular complexity index is 371. The van der Waals surface area contributed by atoms with Gasteiger partial charge in [-0.05, 0) is 30.5 Å². The Hall–Kier alpha value is -1.23. The summed E-state index contributed by atoms with van der Waals surface area (Å²) in [5, 5.41) is 0. The summed E-state index contributed by atoms with van der Waals surface area (Å²) in [6.45, 7) is 0. The molecule has 1 saturated carbocycles. The highest BCUT2D eigenvalue weighted by Crippen LogP contribution is 2.43. The molecule has 15 heavy (non-hydrogen) atoms. The molecule has 0 aliphatic heterocycles. The third kappa shape index (κ3) is 2.41. The van der Waals surface area contributed by atoms with Crippen LogP contribution < -0.4 is 10.5 Å². The van der Waals surface area contributed by atoms with Crippen molar-refractivity contribution in [3.8, 4) is 5.75 Å². The molecule has 1 aliphatic carbocycles. The lowest BCUT2D eigenvalue weighted by molar-refractivity contribution is -0.274. The van der Waals surface area contributed by atoms with Gasteiger partial charge in [-0.15, -0.1) is 13.2 Å². The lowest BCUT2D eigenvalue weighted by Gasteiger charge is -2.12. The van der Waals surface area contributed by atoms with Gasteiger partial charge in [0.05, 0.1) is 0 Å². The summed E-state index contributed by atoms with van der Waals surface area (Å²) in [4.78, 5) is 0. The van der Waals surface area contributed by atoms with Gasteiger partial charge in [-0.1, -0.05) is 12.1 Å². The molecule has 5 heteroatoms. The second kappa shape index (κ2) is 3.13. The van der Waals surface area contributed by atoms with E-state index in [-0.39, 0.29) is 5.75 Å². The van der Waals surface area contributed by atoms with Crippen LogP contribution in [0.15, 0.2) is 24.3 Å². The lowest BCUT2D eigenvalue weighted by atomic mass is 10.1. The number of rotatable bonds is 2. The van der Waals surface area contributed by atoms with Gasteiger partial charge in [0, 0.05) is 5.54 Å². The second-order valence-corrected chi connectivity index (χ2v) is 3.73. The van der Waals surface area contributed by atoms with Gasteiger partial charge in [-0.3, -0.25) is 0 Å². The highest BCUT2D eigenvalue weighted by molar-refractivity contribution is 5.36. The molecule has 82 valence electrons. The zero-order chi connectivity index (χ0) is 11.1. The molecule has 2 rings (SSSR count). The molecule has 0 amide bonds. The number of hydrogen-bond acceptors (Lipinski definition) is 2. The van der Waals surface area contributed by atoms with Gasteiger partial charge in [0.2, 0.25) is 0 Å². The topological polar surface area (TPSA) is 35.2 Å². The minimum atomic E-state index is -4.65. The molecule has 1 aromatic rings. The van der Waals surface area contributed by atoms with Crippen molar-refractivity contribution >= 4 is 0 Å². The van der Waals surface area contributed by atoms with Crippen LogP contribution in [0.5, 0.6) is 5.75 Å². The highest BCUT2D eigenvalue weighted by Gasteiger charge is 2.40. The Morgan fingerprint density at radius 3 is 2.47 bits per heavy atom. The van der Waals surface area contributed by atoms with Crippen molar-refractivity contribution in [3.63, 3.8) is 0 Å². The third-order valence-corrected chi connectivity index (χ3v) is 2.43. The quantitative estimate of drug-likeness (QED) is 0.826. The minimum absolute atomic E-state index is 0.211. The van der Waals surface area contributed by atoms with E-state index in [4.69, 9.17) is 5.73 Å². The Labute approximate surface area is 84.8 Å². The molecule has 0 aromatic heterocycles. The molecule has 1 aliphatic rings. The maximum Gasteiger partial charge on any atom is 0.573 e. The van der Waals surface area contributed by atoms with Crippen LogP contribution in [0.4, 0.5) is 13.2 Å². The maximum absolute atomic E-state index is 11.9. The standard InChI is InChI=1S/C10H10F3NO/c11-10(12,13)15-8-3-1-2-7(6-8)9(14)4-5-9/h1-3,6H,4-5,14H2. The highest BCUT2D eigenvalue weighted by atomic mass is 19.4. The van der Waals surface area contributed by atoms with E-state index < -0.39 is 11.9 Å². The average Bonchev–Trinajstić information content (AvgIpc) is 2.82. The van der Waals surface area contributed by atoms with Crippen molar-refractivity contribution in [2.75, 3.05) is 0 Å². The molecule has 0 atom stereocenters. The molecular formula is C10H10F3NO. The molecule has 0 radical (unpaired) electrons. The first kappa shape index (κ1) is 10.3. The van der Waals surface area contributed by atoms with Gasteiger partial charge in [-0.2, -0.15) is 0 Å². The Balaban J connectivity index is 2.20. The molecule has 0 bridgehead atoms. The Kier molecular flexibility index (Phi) is 2.15. The molecule has 0 spiro atoms. The third-order valence-electron chi connectivity index (χ3n) is 2.43. The molecule has 2 nitrogen and oxygen atoms in total. The van der Waals surface area contributed by atoms with Crippen molar-refractivity contribution in [1.82, 2.24) is 0 Å². The monoisotopic (exact) mass is 217 g/mol. The average molecular weight is 217 g/mol. The van der Waals surface area contributed by atoms with Crippen molar-refractivity contribution in [3.05, 3.63) is 29.8 Å². The van der Waals surface area contributed by atoms with Crippen LogP contribution >= 0.6 is 0 Å². The van der Waals surface area contributed by atoms with E-state index in [1.807, 2.05) is 0 Å². The Morgan fingerprint density at radius 2 is 1.93 bits per heavy atom. The predicted octanol–water partition coefficient (Wildman–Crippen LogP) is 2.53. The molecule has 1 fully saturated rings. The largest absolute Gasteiger partial charge is 0.573 e. The van der Waals surface area contributed by atoms with Crippen LogP contribution in [0.25, 0.3) is 0 Å². The molecule has 1 aromatic carbocycles. The first-order valence-corrected chi connectivity index (χ1v) is 4.54. The van der Waals surface area contributed by atoms with Crippen molar-refractivity contribution < 1.29 is 17.9 Å². The van der Waals surface area contributed by atoms with Gasteiger partial charge in [-0.25, -0.2) is 0 Å². The van der Waals surface area contributed by atoms with Crippen molar-refractivity contribution in [2.24, 2.45) is 5.73 Å². The summed E-state index contributed by atoms with van der Waals surface area (Å²) in [7, 11) is 0. The zero-order valence-corrected chi connectivity index (χ0v) is 7.84. The van der Waals surface area contributed by atoms with Crippen LogP contribution in [0.1, 0.15) is 18.4 Å². The fraction of sp³-hybridized carbons (Fsp3) is 0.400. The van der Waals surface area contributed by atoms with Crippen LogP contribution in [0.2, 0.25) is 0 Å². The van der Waals surface area contributed by atoms with Gasteiger partial charge < -0.3 is 10.5 Å². The van der Waals surface area contributed by atoms with Crippen molar-refractivity contribution in [2.45, 2.75) is 24.7 Å². The maximum atomic E-state index is 11.9. The Morgan fingerprint density at radius 1 is 1.27 bits per heavy atom. The number of benzene rings is 1. The molecule has 0 saturated heterocycles.